The Morgan fingerprint density at radius 1 is 1.11 bits per heavy atom. The van der Waals surface area contributed by atoms with Gasteiger partial charge in [0.25, 0.3) is 0 Å². The van der Waals surface area contributed by atoms with Crippen LogP contribution in [0.3, 0.4) is 0 Å². The summed E-state index contributed by atoms with van der Waals surface area (Å²) in [6.07, 6.45) is 1.42. The molecule has 0 aliphatic heterocycles. The van der Waals surface area contributed by atoms with E-state index in [0.717, 1.165) is 48.8 Å². The lowest BCUT2D eigenvalue weighted by Crippen LogP contribution is -2.24. The Kier molecular flexibility index (Phi) is 4.20. The fraction of sp³-hybridized carbons (Fsp3) is 0.368. The van der Waals surface area contributed by atoms with Gasteiger partial charge in [0.05, 0.1) is 22.8 Å². The van der Waals surface area contributed by atoms with Crippen molar-refractivity contribution in [3.63, 3.8) is 0 Å². The maximum atomic E-state index is 12.7. The first kappa shape index (κ1) is 17.6. The van der Waals surface area contributed by atoms with Gasteiger partial charge in [0, 0.05) is 24.8 Å². The molecule has 1 aliphatic carbocycles. The van der Waals surface area contributed by atoms with Crippen LogP contribution in [0.15, 0.2) is 41.3 Å². The zero-order valence-corrected chi connectivity index (χ0v) is 14.8. The molecule has 142 valence electrons. The second-order valence-corrected chi connectivity index (χ2v) is 6.91. The van der Waals surface area contributed by atoms with Crippen molar-refractivity contribution in [2.45, 2.75) is 37.9 Å². The quantitative estimate of drug-likeness (QED) is 0.726. The fourth-order valence-corrected chi connectivity index (χ4v) is 3.73. The van der Waals surface area contributed by atoms with Gasteiger partial charge in [-0.15, -0.1) is 0 Å². The molecule has 1 aromatic carbocycles. The summed E-state index contributed by atoms with van der Waals surface area (Å²) in [7, 11) is 1.72. The van der Waals surface area contributed by atoms with Crippen LogP contribution in [-0.4, -0.2) is 14.1 Å². The third kappa shape index (κ3) is 3.20. The van der Waals surface area contributed by atoms with Crippen molar-refractivity contribution in [1.29, 1.82) is 0 Å². The molecule has 1 N–H and O–H groups in total. The molecule has 2 aromatic heterocycles. The molecule has 0 spiro atoms. The standard InChI is InChI=1S/C19H19F3N4O/c1-25-16-11-23-17(24-13-8-6-12(7-9-13)19(20,21)22)10-15(16)26(18(25)27)14-4-2-3-5-14/h6-11,14H,2-5H2,1H3,(H,23,24). The molecule has 0 saturated heterocycles. The topological polar surface area (TPSA) is 51.9 Å². The van der Waals surface area contributed by atoms with Crippen LogP contribution in [0.4, 0.5) is 24.7 Å². The second-order valence-electron chi connectivity index (χ2n) is 6.91. The van der Waals surface area contributed by atoms with Gasteiger partial charge >= 0.3 is 11.9 Å². The van der Waals surface area contributed by atoms with E-state index in [-0.39, 0.29) is 11.7 Å². The van der Waals surface area contributed by atoms with Crippen LogP contribution in [0.1, 0.15) is 37.3 Å². The maximum Gasteiger partial charge on any atom is 0.416 e. The number of hydrogen-bond acceptors (Lipinski definition) is 3. The van der Waals surface area contributed by atoms with Crippen molar-refractivity contribution in [3.05, 3.63) is 52.6 Å². The van der Waals surface area contributed by atoms with Crippen molar-refractivity contribution in [3.8, 4) is 0 Å². The smallest absolute Gasteiger partial charge is 0.340 e. The van der Waals surface area contributed by atoms with Gasteiger partial charge in [-0.2, -0.15) is 13.2 Å². The number of alkyl halides is 3. The lowest BCUT2D eigenvalue weighted by atomic mass is 10.2. The van der Waals surface area contributed by atoms with Gasteiger partial charge in [0.2, 0.25) is 0 Å². The number of anilines is 2. The molecule has 1 saturated carbocycles. The second kappa shape index (κ2) is 6.44. The molecule has 0 atom stereocenters. The molecule has 0 bridgehead atoms. The number of aryl methyl sites for hydroxylation is 1. The van der Waals surface area contributed by atoms with Gasteiger partial charge in [-0.1, -0.05) is 12.8 Å². The van der Waals surface area contributed by atoms with Crippen molar-refractivity contribution < 1.29 is 13.2 Å². The zero-order chi connectivity index (χ0) is 19.2. The molecule has 8 heteroatoms. The number of hydrogen-bond donors (Lipinski definition) is 1. The van der Waals surface area contributed by atoms with Gasteiger partial charge in [0.15, 0.2) is 0 Å². The third-order valence-corrected chi connectivity index (χ3v) is 5.15. The highest BCUT2D eigenvalue weighted by molar-refractivity contribution is 5.79. The summed E-state index contributed by atoms with van der Waals surface area (Å²) >= 11 is 0. The van der Waals surface area contributed by atoms with E-state index in [9.17, 15) is 18.0 Å². The summed E-state index contributed by atoms with van der Waals surface area (Å²) in [5, 5.41) is 3.02. The normalized spacial score (nSPS) is 15.6. The molecule has 0 unspecified atom stereocenters. The molecule has 1 fully saturated rings. The van der Waals surface area contributed by atoms with Crippen molar-refractivity contribution in [2.24, 2.45) is 7.05 Å². The molecule has 0 amide bonds. The van der Waals surface area contributed by atoms with E-state index in [2.05, 4.69) is 10.3 Å². The van der Waals surface area contributed by atoms with Crippen LogP contribution < -0.4 is 11.0 Å². The van der Waals surface area contributed by atoms with Crippen molar-refractivity contribution in [2.75, 3.05) is 5.32 Å². The molecule has 2 heterocycles. The first-order valence-electron chi connectivity index (χ1n) is 8.86. The minimum atomic E-state index is -4.36. The van der Waals surface area contributed by atoms with Crippen LogP contribution in [0.25, 0.3) is 11.0 Å². The van der Waals surface area contributed by atoms with Gasteiger partial charge < -0.3 is 5.32 Å². The molecule has 3 aromatic rings. The first-order valence-corrected chi connectivity index (χ1v) is 8.86. The van der Waals surface area contributed by atoms with Gasteiger partial charge in [-0.25, -0.2) is 9.78 Å². The maximum absolute atomic E-state index is 12.7. The SMILES string of the molecule is Cn1c(=O)n(C2CCCC2)c2cc(Nc3ccc(C(F)(F)F)cc3)ncc21. The van der Waals surface area contributed by atoms with Crippen LogP contribution in [-0.2, 0) is 13.2 Å². The van der Waals surface area contributed by atoms with E-state index in [0.29, 0.717) is 11.5 Å². The molecule has 0 radical (unpaired) electrons. The first-order chi connectivity index (χ1) is 12.8. The van der Waals surface area contributed by atoms with Crippen LogP contribution in [0.5, 0.6) is 0 Å². The van der Waals surface area contributed by atoms with Crippen LogP contribution in [0, 0.1) is 0 Å². The number of aromatic nitrogens is 3. The highest BCUT2D eigenvalue weighted by atomic mass is 19.4. The Hall–Kier alpha value is -2.77. The number of rotatable bonds is 3. The van der Waals surface area contributed by atoms with E-state index in [1.54, 1.807) is 23.9 Å². The average molecular weight is 376 g/mol. The minimum absolute atomic E-state index is 0.0645. The van der Waals surface area contributed by atoms with Gasteiger partial charge in [-0.3, -0.25) is 9.13 Å². The lowest BCUT2D eigenvalue weighted by molar-refractivity contribution is -0.137. The number of pyridine rings is 1. The van der Waals surface area contributed by atoms with E-state index >= 15 is 0 Å². The van der Waals surface area contributed by atoms with Crippen molar-refractivity contribution in [1.82, 2.24) is 14.1 Å². The number of halogens is 3. The zero-order valence-electron chi connectivity index (χ0n) is 14.8. The number of nitrogens with one attached hydrogen (secondary N) is 1. The number of imidazole rings is 1. The summed E-state index contributed by atoms with van der Waals surface area (Å²) < 4.78 is 41.5. The summed E-state index contributed by atoms with van der Waals surface area (Å²) in [5.74, 6) is 0.486. The highest BCUT2D eigenvalue weighted by Crippen LogP contribution is 2.32. The predicted molar refractivity (Wildman–Crippen MR) is 97.2 cm³/mol. The summed E-state index contributed by atoms with van der Waals surface area (Å²) in [4.78, 5) is 17.0. The monoisotopic (exact) mass is 376 g/mol. The summed E-state index contributed by atoms with van der Waals surface area (Å²) in [6, 6.07) is 6.75. The van der Waals surface area contributed by atoms with Gasteiger partial charge in [0.1, 0.15) is 5.82 Å². The predicted octanol–water partition coefficient (Wildman–Crippen LogP) is 4.61. The van der Waals surface area contributed by atoms with Gasteiger partial charge in [-0.05, 0) is 37.1 Å². The number of nitrogens with zero attached hydrogens (tertiary/aromatic N) is 3. The Labute approximate surface area is 153 Å². The van der Waals surface area contributed by atoms with Crippen LogP contribution >= 0.6 is 0 Å². The average Bonchev–Trinajstić information content (AvgIpc) is 3.22. The van der Waals surface area contributed by atoms with Crippen molar-refractivity contribution >= 4 is 22.5 Å². The molecular weight excluding hydrogens is 357 g/mol. The number of benzene rings is 1. The lowest BCUT2D eigenvalue weighted by Gasteiger charge is -2.12. The molecule has 5 nitrogen and oxygen atoms in total. The van der Waals surface area contributed by atoms with E-state index in [1.165, 1.54) is 12.1 Å². The Morgan fingerprint density at radius 3 is 2.41 bits per heavy atom. The van der Waals surface area contributed by atoms with Crippen LogP contribution in [0.2, 0.25) is 0 Å². The summed E-state index contributed by atoms with van der Waals surface area (Å²) in [6.45, 7) is 0. The molecule has 4 rings (SSSR count). The van der Waals surface area contributed by atoms with E-state index in [4.69, 9.17) is 0 Å². The Bertz CT molecular complexity index is 1030. The highest BCUT2D eigenvalue weighted by Gasteiger charge is 2.30. The Morgan fingerprint density at radius 2 is 1.78 bits per heavy atom. The fourth-order valence-electron chi connectivity index (χ4n) is 3.73. The molecule has 27 heavy (non-hydrogen) atoms. The molecular formula is C19H19F3N4O. The largest absolute Gasteiger partial charge is 0.416 e. The van der Waals surface area contributed by atoms with E-state index < -0.39 is 11.7 Å². The minimum Gasteiger partial charge on any atom is -0.340 e. The molecule has 1 aliphatic rings. The third-order valence-electron chi connectivity index (χ3n) is 5.15. The van der Waals surface area contributed by atoms with E-state index in [1.807, 2.05) is 4.57 Å². The number of fused-ring (bicyclic) bond motifs is 1. The summed E-state index contributed by atoms with van der Waals surface area (Å²) in [5.41, 5.74) is 1.27. The Balaban J connectivity index is 1.69.